The van der Waals surface area contributed by atoms with Crippen molar-refractivity contribution in [1.29, 1.82) is 0 Å². The Labute approximate surface area is 130 Å². The van der Waals surface area contributed by atoms with Crippen LogP contribution in [0.4, 0.5) is 0 Å². The second-order valence-electron chi connectivity index (χ2n) is 5.81. The number of methoxy groups -OCH3 is 1. The van der Waals surface area contributed by atoms with Gasteiger partial charge in [0.25, 0.3) is 0 Å². The third-order valence-corrected chi connectivity index (χ3v) is 4.19. The van der Waals surface area contributed by atoms with E-state index >= 15 is 0 Å². The Morgan fingerprint density at radius 2 is 2.18 bits per heavy atom. The molecule has 0 saturated carbocycles. The molecule has 1 unspecified atom stereocenters. The summed E-state index contributed by atoms with van der Waals surface area (Å²) >= 11 is 0. The normalized spacial score (nSPS) is 18.4. The number of nitrogens with zero attached hydrogens (tertiary/aromatic N) is 1. The highest BCUT2D eigenvalue weighted by Crippen LogP contribution is 2.23. The van der Waals surface area contributed by atoms with E-state index < -0.39 is 5.97 Å². The molecular formula is C17H23NO4. The molecule has 0 aliphatic carbocycles. The quantitative estimate of drug-likeness (QED) is 0.784. The average Bonchev–Trinajstić information content (AvgIpc) is 2.91. The van der Waals surface area contributed by atoms with Crippen LogP contribution in [-0.2, 0) is 4.79 Å². The number of Topliss-reactive ketones (excluding diaryl/α,β-unsaturated/α-hetero) is 1. The molecule has 0 spiro atoms. The van der Waals surface area contributed by atoms with Crippen LogP contribution >= 0.6 is 0 Å². The van der Waals surface area contributed by atoms with Crippen LogP contribution in [0.3, 0.4) is 0 Å². The van der Waals surface area contributed by atoms with Crippen LogP contribution in [0.5, 0.6) is 5.75 Å². The number of carbonyl (C=O) groups is 2. The lowest BCUT2D eigenvalue weighted by Crippen LogP contribution is -2.33. The minimum Gasteiger partial charge on any atom is -0.496 e. The maximum atomic E-state index is 12.4. The van der Waals surface area contributed by atoms with Crippen molar-refractivity contribution >= 4 is 11.8 Å². The highest BCUT2D eigenvalue weighted by atomic mass is 16.5. The predicted octanol–water partition coefficient (Wildman–Crippen LogP) is 2.52. The summed E-state index contributed by atoms with van der Waals surface area (Å²) in [5.41, 5.74) is 1.63. The number of hydrogen-bond donors (Lipinski definition) is 1. The van der Waals surface area contributed by atoms with Crippen molar-refractivity contribution in [2.45, 2.75) is 38.6 Å². The fourth-order valence-corrected chi connectivity index (χ4v) is 3.04. The van der Waals surface area contributed by atoms with Gasteiger partial charge in [-0.3, -0.25) is 14.5 Å². The summed E-state index contributed by atoms with van der Waals surface area (Å²) in [7, 11) is 1.56. The molecule has 1 aliphatic rings. The van der Waals surface area contributed by atoms with Gasteiger partial charge in [0.05, 0.1) is 19.1 Å². The zero-order valence-corrected chi connectivity index (χ0v) is 13.2. The number of carboxylic acid groups (broad SMARTS) is 1. The molecule has 5 heteroatoms. The minimum atomic E-state index is -0.774. The molecule has 0 bridgehead atoms. The van der Waals surface area contributed by atoms with E-state index in [2.05, 4.69) is 4.90 Å². The topological polar surface area (TPSA) is 66.8 Å². The standard InChI is InChI=1S/C17H23NO4/c1-12-5-6-16(22-2)14(10-12)15(19)7-9-18-8-3-4-13(18)11-17(20)21/h5-6,10,13H,3-4,7-9,11H2,1-2H3,(H,20,21). The first-order chi connectivity index (χ1) is 10.5. The second-order valence-corrected chi connectivity index (χ2v) is 5.81. The summed E-state index contributed by atoms with van der Waals surface area (Å²) in [6.07, 6.45) is 2.44. The smallest absolute Gasteiger partial charge is 0.304 e. The van der Waals surface area contributed by atoms with Crippen molar-refractivity contribution in [3.63, 3.8) is 0 Å². The highest BCUT2D eigenvalue weighted by Gasteiger charge is 2.27. The molecule has 22 heavy (non-hydrogen) atoms. The lowest BCUT2D eigenvalue weighted by molar-refractivity contribution is -0.138. The first kappa shape index (κ1) is 16.5. The van der Waals surface area contributed by atoms with Gasteiger partial charge in [0.15, 0.2) is 5.78 Å². The lowest BCUT2D eigenvalue weighted by Gasteiger charge is -2.22. The summed E-state index contributed by atoms with van der Waals surface area (Å²) in [4.78, 5) is 25.4. The van der Waals surface area contributed by atoms with Crippen molar-refractivity contribution in [3.05, 3.63) is 29.3 Å². The van der Waals surface area contributed by atoms with E-state index in [1.165, 1.54) is 0 Å². The summed E-state index contributed by atoms with van der Waals surface area (Å²) in [5, 5.41) is 8.94. The number of ketones is 1. The molecular weight excluding hydrogens is 282 g/mol. The molecule has 120 valence electrons. The van der Waals surface area contributed by atoms with Crippen LogP contribution in [0.1, 0.15) is 41.6 Å². The maximum Gasteiger partial charge on any atom is 0.304 e. The number of aryl methyl sites for hydroxylation is 1. The average molecular weight is 305 g/mol. The number of likely N-dealkylation sites (tertiary alicyclic amines) is 1. The van der Waals surface area contributed by atoms with Gasteiger partial charge in [0.1, 0.15) is 5.75 Å². The highest BCUT2D eigenvalue weighted by molar-refractivity contribution is 5.99. The van der Waals surface area contributed by atoms with Gasteiger partial charge in [-0.05, 0) is 38.4 Å². The number of benzene rings is 1. The summed E-state index contributed by atoms with van der Waals surface area (Å²) in [6.45, 7) is 3.42. The third-order valence-electron chi connectivity index (χ3n) is 4.19. The van der Waals surface area contributed by atoms with Crippen molar-refractivity contribution in [3.8, 4) is 5.75 Å². The molecule has 1 aromatic rings. The number of carbonyl (C=O) groups excluding carboxylic acids is 1. The first-order valence-corrected chi connectivity index (χ1v) is 7.65. The van der Waals surface area contributed by atoms with Crippen LogP contribution in [0, 0.1) is 6.92 Å². The molecule has 1 N–H and O–H groups in total. The van der Waals surface area contributed by atoms with Gasteiger partial charge >= 0.3 is 5.97 Å². The molecule has 1 fully saturated rings. The van der Waals surface area contributed by atoms with Crippen LogP contribution in [0.2, 0.25) is 0 Å². The zero-order valence-electron chi connectivity index (χ0n) is 13.2. The molecule has 1 aromatic carbocycles. The van der Waals surface area contributed by atoms with Gasteiger partial charge in [0.2, 0.25) is 0 Å². The number of ether oxygens (including phenoxy) is 1. The Morgan fingerprint density at radius 3 is 2.86 bits per heavy atom. The van der Waals surface area contributed by atoms with Gasteiger partial charge in [-0.2, -0.15) is 0 Å². The van der Waals surface area contributed by atoms with E-state index in [1.807, 2.05) is 25.1 Å². The second kappa shape index (κ2) is 7.40. The van der Waals surface area contributed by atoms with E-state index in [-0.39, 0.29) is 18.2 Å². The van der Waals surface area contributed by atoms with Crippen molar-refractivity contribution < 1.29 is 19.4 Å². The SMILES string of the molecule is COc1ccc(C)cc1C(=O)CCN1CCCC1CC(=O)O. The van der Waals surface area contributed by atoms with Gasteiger partial charge < -0.3 is 9.84 Å². The van der Waals surface area contributed by atoms with Crippen molar-refractivity contribution in [2.75, 3.05) is 20.2 Å². The predicted molar refractivity (Wildman–Crippen MR) is 83.5 cm³/mol. The fraction of sp³-hybridized carbons (Fsp3) is 0.529. The van der Waals surface area contributed by atoms with Crippen LogP contribution in [-0.4, -0.2) is 48.0 Å². The Balaban J connectivity index is 1.98. The van der Waals surface area contributed by atoms with Gasteiger partial charge in [-0.25, -0.2) is 0 Å². The van der Waals surface area contributed by atoms with E-state index in [0.717, 1.165) is 24.9 Å². The van der Waals surface area contributed by atoms with Gasteiger partial charge in [-0.1, -0.05) is 11.6 Å². The zero-order chi connectivity index (χ0) is 16.1. The van der Waals surface area contributed by atoms with Crippen molar-refractivity contribution in [2.24, 2.45) is 0 Å². The van der Waals surface area contributed by atoms with Crippen molar-refractivity contribution in [1.82, 2.24) is 4.90 Å². The Kier molecular flexibility index (Phi) is 5.55. The number of aliphatic carboxylic acids is 1. The molecule has 0 radical (unpaired) electrons. The maximum absolute atomic E-state index is 12.4. The first-order valence-electron chi connectivity index (χ1n) is 7.65. The molecule has 2 rings (SSSR count). The molecule has 0 aromatic heterocycles. The Bertz CT molecular complexity index is 556. The summed E-state index contributed by atoms with van der Waals surface area (Å²) in [6, 6.07) is 5.63. The van der Waals surface area contributed by atoms with E-state index in [9.17, 15) is 9.59 Å². The Morgan fingerprint density at radius 1 is 1.41 bits per heavy atom. The van der Waals surface area contributed by atoms with Crippen LogP contribution in [0.25, 0.3) is 0 Å². The summed E-state index contributed by atoms with van der Waals surface area (Å²) in [5.74, 6) is -0.135. The molecule has 5 nitrogen and oxygen atoms in total. The molecule has 1 heterocycles. The van der Waals surface area contributed by atoms with Gasteiger partial charge in [0, 0.05) is 19.0 Å². The van der Waals surface area contributed by atoms with Gasteiger partial charge in [-0.15, -0.1) is 0 Å². The van der Waals surface area contributed by atoms with Crippen LogP contribution < -0.4 is 4.74 Å². The van der Waals surface area contributed by atoms with E-state index in [0.29, 0.717) is 24.3 Å². The molecule has 1 atom stereocenters. The van der Waals surface area contributed by atoms with Crippen LogP contribution in [0.15, 0.2) is 18.2 Å². The lowest BCUT2D eigenvalue weighted by atomic mass is 10.0. The monoisotopic (exact) mass is 305 g/mol. The Hall–Kier alpha value is -1.88. The third kappa shape index (κ3) is 4.07. The largest absolute Gasteiger partial charge is 0.496 e. The number of carboxylic acids is 1. The molecule has 1 saturated heterocycles. The number of hydrogen-bond acceptors (Lipinski definition) is 4. The molecule has 1 aliphatic heterocycles. The van der Waals surface area contributed by atoms with E-state index in [4.69, 9.17) is 9.84 Å². The van der Waals surface area contributed by atoms with E-state index in [1.54, 1.807) is 7.11 Å². The summed E-state index contributed by atoms with van der Waals surface area (Å²) < 4.78 is 5.25. The number of rotatable bonds is 7. The fourth-order valence-electron chi connectivity index (χ4n) is 3.04. The molecule has 0 amide bonds. The minimum absolute atomic E-state index is 0.0431.